The number of rotatable bonds is 5. The van der Waals surface area contributed by atoms with E-state index >= 15 is 0 Å². The molecule has 2 N–H and O–H groups in total. The van der Waals surface area contributed by atoms with Crippen molar-refractivity contribution in [1.29, 1.82) is 0 Å². The molecule has 1 amide bonds. The Hall–Kier alpha value is -2.67. The van der Waals surface area contributed by atoms with Crippen molar-refractivity contribution < 1.29 is 4.79 Å². The quantitative estimate of drug-likeness (QED) is 0.836. The van der Waals surface area contributed by atoms with E-state index in [1.54, 1.807) is 4.90 Å². The molecule has 0 spiro atoms. The molecule has 0 bridgehead atoms. The molecule has 0 radical (unpaired) electrons. The molecule has 1 aromatic heterocycles. The van der Waals surface area contributed by atoms with Crippen LogP contribution in [-0.4, -0.2) is 39.1 Å². The Bertz CT molecular complexity index is 903. The van der Waals surface area contributed by atoms with Gasteiger partial charge in [0.25, 0.3) is 5.56 Å². The fourth-order valence-electron chi connectivity index (χ4n) is 3.63. The minimum atomic E-state index is -0.477. The first-order valence-electron chi connectivity index (χ1n) is 9.33. The van der Waals surface area contributed by atoms with Gasteiger partial charge in [-0.1, -0.05) is 37.3 Å². The van der Waals surface area contributed by atoms with Crippen LogP contribution >= 0.6 is 0 Å². The Labute approximate surface area is 158 Å². The zero-order valence-electron chi connectivity index (χ0n) is 15.6. The molecule has 1 saturated heterocycles. The van der Waals surface area contributed by atoms with Gasteiger partial charge in [-0.2, -0.15) is 0 Å². The summed E-state index contributed by atoms with van der Waals surface area (Å²) in [7, 11) is 0. The topological polar surface area (TPSA) is 90.3 Å². The molecule has 144 valence electrons. The molecule has 7 heteroatoms. The second kappa shape index (κ2) is 8.35. The Kier molecular flexibility index (Phi) is 5.91. The van der Waals surface area contributed by atoms with E-state index in [4.69, 9.17) is 5.73 Å². The smallest absolute Gasteiger partial charge is 0.331 e. The van der Waals surface area contributed by atoms with Crippen LogP contribution in [0.2, 0.25) is 0 Å². The fraction of sp³-hybridized carbons (Fsp3) is 0.450. The molecule has 1 aromatic carbocycles. The minimum Gasteiger partial charge on any atom is -0.337 e. The Morgan fingerprint density at radius 2 is 1.93 bits per heavy atom. The third-order valence-corrected chi connectivity index (χ3v) is 5.20. The highest BCUT2D eigenvalue weighted by molar-refractivity contribution is 5.76. The summed E-state index contributed by atoms with van der Waals surface area (Å²) in [4.78, 5) is 39.5. The normalized spacial score (nSPS) is 19.9. The van der Waals surface area contributed by atoms with E-state index < -0.39 is 11.2 Å². The third-order valence-electron chi connectivity index (χ3n) is 5.20. The number of benzene rings is 1. The van der Waals surface area contributed by atoms with Gasteiger partial charge in [-0.3, -0.25) is 18.7 Å². The van der Waals surface area contributed by atoms with Crippen LogP contribution in [0.3, 0.4) is 0 Å². The number of amides is 1. The molecule has 2 aromatic rings. The van der Waals surface area contributed by atoms with Gasteiger partial charge >= 0.3 is 5.69 Å². The van der Waals surface area contributed by atoms with E-state index in [9.17, 15) is 14.4 Å². The average Bonchev–Trinajstić information content (AvgIpc) is 2.68. The number of nitrogens with zero attached hydrogens (tertiary/aromatic N) is 3. The summed E-state index contributed by atoms with van der Waals surface area (Å²) in [6.07, 6.45) is 3.23. The van der Waals surface area contributed by atoms with Crippen molar-refractivity contribution in [2.45, 2.75) is 38.9 Å². The van der Waals surface area contributed by atoms with Crippen molar-refractivity contribution in [2.24, 2.45) is 11.7 Å². The zero-order valence-corrected chi connectivity index (χ0v) is 15.6. The lowest BCUT2D eigenvalue weighted by Gasteiger charge is -2.38. The fourth-order valence-corrected chi connectivity index (χ4v) is 3.63. The van der Waals surface area contributed by atoms with Crippen molar-refractivity contribution in [3.05, 3.63) is 69.0 Å². The Balaban J connectivity index is 1.82. The van der Waals surface area contributed by atoms with Crippen molar-refractivity contribution in [2.75, 3.05) is 13.1 Å². The first kappa shape index (κ1) is 19.1. The van der Waals surface area contributed by atoms with Crippen LogP contribution < -0.4 is 17.0 Å². The highest BCUT2D eigenvalue weighted by Gasteiger charge is 2.29. The van der Waals surface area contributed by atoms with Crippen LogP contribution in [0.5, 0.6) is 0 Å². The maximum absolute atomic E-state index is 12.8. The van der Waals surface area contributed by atoms with Crippen LogP contribution in [0, 0.1) is 5.92 Å². The summed E-state index contributed by atoms with van der Waals surface area (Å²) in [6, 6.07) is 10.8. The van der Waals surface area contributed by atoms with E-state index in [0.717, 1.165) is 23.0 Å². The van der Waals surface area contributed by atoms with E-state index in [1.807, 2.05) is 30.3 Å². The molecule has 2 unspecified atom stereocenters. The predicted molar refractivity (Wildman–Crippen MR) is 103 cm³/mol. The predicted octanol–water partition coefficient (Wildman–Crippen LogP) is 0.644. The Morgan fingerprint density at radius 1 is 1.19 bits per heavy atom. The monoisotopic (exact) mass is 370 g/mol. The first-order chi connectivity index (χ1) is 13.0. The second-order valence-electron chi connectivity index (χ2n) is 7.24. The van der Waals surface area contributed by atoms with Gasteiger partial charge < -0.3 is 10.6 Å². The van der Waals surface area contributed by atoms with Crippen LogP contribution in [0.4, 0.5) is 0 Å². The van der Waals surface area contributed by atoms with Gasteiger partial charge in [-0.15, -0.1) is 0 Å². The summed E-state index contributed by atoms with van der Waals surface area (Å²) in [5.41, 5.74) is 5.83. The zero-order chi connectivity index (χ0) is 19.4. The first-order valence-corrected chi connectivity index (χ1v) is 9.33. The lowest BCUT2D eigenvalue weighted by atomic mass is 9.92. The van der Waals surface area contributed by atoms with Gasteiger partial charge in [0.05, 0.1) is 6.54 Å². The van der Waals surface area contributed by atoms with Crippen molar-refractivity contribution in [3.8, 4) is 0 Å². The lowest BCUT2D eigenvalue weighted by molar-refractivity contribution is -0.136. The van der Waals surface area contributed by atoms with Gasteiger partial charge in [0.2, 0.25) is 5.91 Å². The number of hydrogen-bond acceptors (Lipinski definition) is 4. The molecule has 2 heterocycles. The lowest BCUT2D eigenvalue weighted by Crippen LogP contribution is -2.52. The minimum absolute atomic E-state index is 0.0350. The number of aromatic nitrogens is 2. The number of carbonyl (C=O) groups is 1. The average molecular weight is 370 g/mol. The molecule has 1 aliphatic heterocycles. The van der Waals surface area contributed by atoms with Gasteiger partial charge in [-0.05, 0) is 24.3 Å². The van der Waals surface area contributed by atoms with E-state index in [2.05, 4.69) is 6.92 Å². The molecule has 0 saturated carbocycles. The van der Waals surface area contributed by atoms with Crippen molar-refractivity contribution in [3.63, 3.8) is 0 Å². The highest BCUT2D eigenvalue weighted by Crippen LogP contribution is 2.22. The molecule has 1 fully saturated rings. The summed E-state index contributed by atoms with van der Waals surface area (Å²) in [5.74, 6) is 0.291. The number of carbonyl (C=O) groups excluding carboxylic acids is 1. The van der Waals surface area contributed by atoms with E-state index in [1.165, 1.54) is 16.8 Å². The summed E-state index contributed by atoms with van der Waals surface area (Å²) in [6.45, 7) is 3.24. The van der Waals surface area contributed by atoms with Crippen LogP contribution in [0.1, 0.15) is 25.3 Å². The van der Waals surface area contributed by atoms with Gasteiger partial charge in [0.15, 0.2) is 0 Å². The van der Waals surface area contributed by atoms with E-state index in [0.29, 0.717) is 25.6 Å². The van der Waals surface area contributed by atoms with Gasteiger partial charge in [0, 0.05) is 31.4 Å². The van der Waals surface area contributed by atoms with Crippen LogP contribution in [0.15, 0.2) is 52.2 Å². The summed E-state index contributed by atoms with van der Waals surface area (Å²) >= 11 is 0. The van der Waals surface area contributed by atoms with Crippen molar-refractivity contribution >= 4 is 5.91 Å². The maximum atomic E-state index is 12.8. The standard InChI is InChI=1S/C20H26N4O3/c1-15-7-10-23(17(11-15)12-21)19(26)14-24-18(25)8-9-22(20(24)27)13-16-5-3-2-4-6-16/h2-6,8-9,15,17H,7,10-14,21H2,1H3. The summed E-state index contributed by atoms with van der Waals surface area (Å²) < 4.78 is 2.46. The Morgan fingerprint density at radius 3 is 2.63 bits per heavy atom. The largest absolute Gasteiger partial charge is 0.337 e. The maximum Gasteiger partial charge on any atom is 0.331 e. The second-order valence-corrected chi connectivity index (χ2v) is 7.24. The SMILES string of the molecule is CC1CCN(C(=O)Cn2c(=O)ccn(Cc3ccccc3)c2=O)C(CN)C1. The van der Waals surface area contributed by atoms with Crippen molar-refractivity contribution in [1.82, 2.24) is 14.0 Å². The molecule has 7 nitrogen and oxygen atoms in total. The molecular weight excluding hydrogens is 344 g/mol. The van der Waals surface area contributed by atoms with Gasteiger partial charge in [0.1, 0.15) is 6.54 Å². The highest BCUT2D eigenvalue weighted by atomic mass is 16.2. The number of hydrogen-bond donors (Lipinski definition) is 1. The van der Waals surface area contributed by atoms with Crippen LogP contribution in [0.25, 0.3) is 0 Å². The molecular formula is C20H26N4O3. The van der Waals surface area contributed by atoms with E-state index in [-0.39, 0.29) is 18.5 Å². The van der Waals surface area contributed by atoms with Crippen LogP contribution in [-0.2, 0) is 17.9 Å². The third kappa shape index (κ3) is 4.36. The summed E-state index contributed by atoms with van der Waals surface area (Å²) in [5, 5.41) is 0. The molecule has 3 rings (SSSR count). The van der Waals surface area contributed by atoms with Gasteiger partial charge in [-0.25, -0.2) is 4.79 Å². The number of likely N-dealkylation sites (tertiary alicyclic amines) is 1. The molecule has 2 atom stereocenters. The molecule has 27 heavy (non-hydrogen) atoms. The molecule has 0 aliphatic carbocycles. The molecule has 1 aliphatic rings. The number of nitrogens with two attached hydrogens (primary N) is 1. The number of piperidine rings is 1.